The monoisotopic (exact) mass is 326 g/mol. The zero-order valence-electron chi connectivity index (χ0n) is 12.2. The maximum Gasteiger partial charge on any atom is 0.305 e. The lowest BCUT2D eigenvalue weighted by Gasteiger charge is -2.08. The van der Waals surface area contributed by atoms with Crippen LogP contribution >= 0.6 is 21.6 Å². The molecular formula is C16H22O3S2. The summed E-state index contributed by atoms with van der Waals surface area (Å²) in [5, 5.41) is 0.797. The molecule has 0 saturated carbocycles. The van der Waals surface area contributed by atoms with Gasteiger partial charge in [0.15, 0.2) is 0 Å². The number of benzene rings is 1. The average Bonchev–Trinajstić information content (AvgIpc) is 3.02. The summed E-state index contributed by atoms with van der Waals surface area (Å²) in [6.07, 6.45) is 5.11. The molecule has 1 aliphatic rings. The SMILES string of the molecule is O=C(CCCCC1CCSS1)OCCOc1ccccc1. The van der Waals surface area contributed by atoms with E-state index in [-0.39, 0.29) is 5.97 Å². The van der Waals surface area contributed by atoms with Gasteiger partial charge in [-0.05, 0) is 31.4 Å². The first-order chi connectivity index (χ1) is 10.3. The summed E-state index contributed by atoms with van der Waals surface area (Å²) in [4.78, 5) is 11.6. The Morgan fingerprint density at radius 3 is 2.81 bits per heavy atom. The molecule has 1 atom stereocenters. The largest absolute Gasteiger partial charge is 0.490 e. The summed E-state index contributed by atoms with van der Waals surface area (Å²) in [6.45, 7) is 0.731. The number of carbonyl (C=O) groups excluding carboxylic acids is 1. The second-order valence-corrected chi connectivity index (χ2v) is 7.74. The highest BCUT2D eigenvalue weighted by Crippen LogP contribution is 2.39. The number of ether oxygens (including phenoxy) is 2. The Hall–Kier alpha value is -0.810. The van der Waals surface area contributed by atoms with Crippen molar-refractivity contribution in [3.63, 3.8) is 0 Å². The van der Waals surface area contributed by atoms with Crippen LogP contribution in [0, 0.1) is 0 Å². The maximum atomic E-state index is 11.6. The molecule has 0 aromatic heterocycles. The van der Waals surface area contributed by atoms with Crippen molar-refractivity contribution in [2.75, 3.05) is 19.0 Å². The molecule has 3 nitrogen and oxygen atoms in total. The van der Waals surface area contributed by atoms with E-state index in [1.54, 1.807) is 0 Å². The minimum absolute atomic E-state index is 0.111. The molecule has 1 heterocycles. The summed E-state index contributed by atoms with van der Waals surface area (Å²) in [5.41, 5.74) is 0. The number of hydrogen-bond donors (Lipinski definition) is 0. The van der Waals surface area contributed by atoms with Gasteiger partial charge >= 0.3 is 5.97 Å². The quantitative estimate of drug-likeness (QED) is 0.383. The molecule has 0 radical (unpaired) electrons. The van der Waals surface area contributed by atoms with Gasteiger partial charge in [-0.3, -0.25) is 4.79 Å². The molecule has 21 heavy (non-hydrogen) atoms. The van der Waals surface area contributed by atoms with E-state index in [2.05, 4.69) is 0 Å². The van der Waals surface area contributed by atoms with Crippen LogP contribution in [0.15, 0.2) is 30.3 Å². The fraction of sp³-hybridized carbons (Fsp3) is 0.562. The van der Waals surface area contributed by atoms with Crippen molar-refractivity contribution in [2.45, 2.75) is 37.4 Å². The van der Waals surface area contributed by atoms with Crippen LogP contribution in [0.3, 0.4) is 0 Å². The number of esters is 1. The van der Waals surface area contributed by atoms with Gasteiger partial charge in [0.25, 0.3) is 0 Å². The standard InChI is InChI=1S/C16H22O3S2/c17-16(9-5-4-8-15-10-13-20-21-15)19-12-11-18-14-6-2-1-3-7-14/h1-3,6-7,15H,4-5,8-13H2. The predicted molar refractivity (Wildman–Crippen MR) is 89.8 cm³/mol. The molecule has 1 fully saturated rings. The van der Waals surface area contributed by atoms with Crippen LogP contribution in [0.2, 0.25) is 0 Å². The number of carbonyl (C=O) groups is 1. The van der Waals surface area contributed by atoms with Gasteiger partial charge in [0.1, 0.15) is 19.0 Å². The summed E-state index contributed by atoms with van der Waals surface area (Å²) in [5.74, 6) is 1.97. The normalized spacial score (nSPS) is 17.6. The van der Waals surface area contributed by atoms with Gasteiger partial charge in [-0.2, -0.15) is 0 Å². The van der Waals surface area contributed by atoms with E-state index >= 15 is 0 Å². The van der Waals surface area contributed by atoms with E-state index in [0.29, 0.717) is 19.6 Å². The molecule has 2 rings (SSSR count). The van der Waals surface area contributed by atoms with E-state index in [9.17, 15) is 4.79 Å². The molecule has 1 aromatic carbocycles. The van der Waals surface area contributed by atoms with E-state index in [4.69, 9.17) is 9.47 Å². The van der Waals surface area contributed by atoms with Crippen LogP contribution in [-0.4, -0.2) is 30.2 Å². The van der Waals surface area contributed by atoms with Crippen molar-refractivity contribution in [3.8, 4) is 5.75 Å². The number of unbranched alkanes of at least 4 members (excludes halogenated alkanes) is 1. The fourth-order valence-corrected chi connectivity index (χ4v) is 5.14. The van der Waals surface area contributed by atoms with Gasteiger partial charge in [-0.1, -0.05) is 46.2 Å². The van der Waals surface area contributed by atoms with Gasteiger partial charge in [0, 0.05) is 17.4 Å². The summed E-state index contributed by atoms with van der Waals surface area (Å²) in [6, 6.07) is 9.56. The van der Waals surface area contributed by atoms with Crippen LogP contribution in [0.5, 0.6) is 5.75 Å². The molecule has 5 heteroatoms. The second-order valence-electron chi connectivity index (χ2n) is 4.96. The Kier molecular flexibility index (Phi) is 7.89. The third-order valence-electron chi connectivity index (χ3n) is 3.24. The molecule has 1 aromatic rings. The fourth-order valence-electron chi connectivity index (χ4n) is 2.11. The Balaban J connectivity index is 1.44. The van der Waals surface area contributed by atoms with Crippen molar-refractivity contribution >= 4 is 27.6 Å². The topological polar surface area (TPSA) is 35.5 Å². The van der Waals surface area contributed by atoms with Crippen LogP contribution in [0.1, 0.15) is 32.1 Å². The Morgan fingerprint density at radius 2 is 2.05 bits per heavy atom. The molecule has 0 spiro atoms. The molecule has 1 aliphatic heterocycles. The van der Waals surface area contributed by atoms with Gasteiger partial charge in [0.05, 0.1) is 0 Å². The molecular weight excluding hydrogens is 304 g/mol. The smallest absolute Gasteiger partial charge is 0.305 e. The number of para-hydroxylation sites is 1. The molecule has 0 amide bonds. The number of hydrogen-bond acceptors (Lipinski definition) is 5. The van der Waals surface area contributed by atoms with Gasteiger partial charge in [-0.15, -0.1) is 0 Å². The van der Waals surface area contributed by atoms with Gasteiger partial charge in [0.2, 0.25) is 0 Å². The molecule has 0 aliphatic carbocycles. The molecule has 1 unspecified atom stereocenters. The van der Waals surface area contributed by atoms with Crippen molar-refractivity contribution < 1.29 is 14.3 Å². The highest BCUT2D eigenvalue weighted by atomic mass is 33.1. The minimum Gasteiger partial charge on any atom is -0.490 e. The second kappa shape index (κ2) is 10.0. The van der Waals surface area contributed by atoms with Gasteiger partial charge < -0.3 is 9.47 Å². The zero-order valence-corrected chi connectivity index (χ0v) is 13.8. The molecule has 0 bridgehead atoms. The lowest BCUT2D eigenvalue weighted by atomic mass is 10.1. The third kappa shape index (κ3) is 7.14. The molecule has 0 N–H and O–H groups in total. The van der Waals surface area contributed by atoms with Crippen LogP contribution in [0.25, 0.3) is 0 Å². The van der Waals surface area contributed by atoms with Crippen molar-refractivity contribution in [1.82, 2.24) is 0 Å². The first-order valence-electron chi connectivity index (χ1n) is 7.46. The van der Waals surface area contributed by atoms with Crippen molar-refractivity contribution in [1.29, 1.82) is 0 Å². The first-order valence-corrected chi connectivity index (χ1v) is 9.84. The average molecular weight is 326 g/mol. The number of rotatable bonds is 9. The Bertz CT molecular complexity index is 405. The Labute approximate surface area is 134 Å². The van der Waals surface area contributed by atoms with Crippen molar-refractivity contribution in [2.24, 2.45) is 0 Å². The maximum absolute atomic E-state index is 11.6. The zero-order chi connectivity index (χ0) is 14.8. The summed E-state index contributed by atoms with van der Waals surface area (Å²) < 4.78 is 10.6. The van der Waals surface area contributed by atoms with Crippen LogP contribution in [-0.2, 0) is 9.53 Å². The van der Waals surface area contributed by atoms with Gasteiger partial charge in [-0.25, -0.2) is 0 Å². The lowest BCUT2D eigenvalue weighted by Crippen LogP contribution is -2.12. The summed E-state index contributed by atoms with van der Waals surface area (Å²) >= 11 is 0. The van der Waals surface area contributed by atoms with E-state index in [0.717, 1.165) is 23.8 Å². The predicted octanol–water partition coefficient (Wildman–Crippen LogP) is 4.32. The highest BCUT2D eigenvalue weighted by Gasteiger charge is 2.15. The molecule has 116 valence electrons. The van der Waals surface area contributed by atoms with Crippen molar-refractivity contribution in [3.05, 3.63) is 30.3 Å². The molecule has 1 saturated heterocycles. The van der Waals surface area contributed by atoms with E-state index < -0.39 is 0 Å². The third-order valence-corrected chi connectivity index (χ3v) is 6.25. The Morgan fingerprint density at radius 1 is 1.19 bits per heavy atom. The van der Waals surface area contributed by atoms with Crippen LogP contribution < -0.4 is 4.74 Å². The highest BCUT2D eigenvalue weighted by molar-refractivity contribution is 8.77. The van der Waals surface area contributed by atoms with E-state index in [1.165, 1.54) is 18.6 Å². The van der Waals surface area contributed by atoms with E-state index in [1.807, 2.05) is 51.9 Å². The minimum atomic E-state index is -0.111. The summed E-state index contributed by atoms with van der Waals surface area (Å²) in [7, 11) is 3.97. The lowest BCUT2D eigenvalue weighted by molar-refractivity contribution is -0.144. The first kappa shape index (κ1) is 16.6. The van der Waals surface area contributed by atoms with Crippen LogP contribution in [0.4, 0.5) is 0 Å².